The van der Waals surface area contributed by atoms with Crippen molar-refractivity contribution in [3.63, 3.8) is 0 Å². The van der Waals surface area contributed by atoms with E-state index in [0.29, 0.717) is 18.3 Å². The molecule has 1 heterocycles. The molecule has 0 aliphatic heterocycles. The SMILES string of the molecule is Nc1cc(C2C3CCCC32)nn1CCO. The van der Waals surface area contributed by atoms with Gasteiger partial charge in [-0.15, -0.1) is 0 Å². The zero-order valence-corrected chi connectivity index (χ0v) is 8.76. The van der Waals surface area contributed by atoms with Crippen molar-refractivity contribution in [2.45, 2.75) is 31.7 Å². The summed E-state index contributed by atoms with van der Waals surface area (Å²) in [7, 11) is 0. The fourth-order valence-electron chi connectivity index (χ4n) is 3.15. The molecule has 0 aromatic carbocycles. The monoisotopic (exact) mass is 207 g/mol. The summed E-state index contributed by atoms with van der Waals surface area (Å²) in [6.45, 7) is 0.608. The van der Waals surface area contributed by atoms with Gasteiger partial charge in [0.15, 0.2) is 0 Å². The molecule has 0 bridgehead atoms. The summed E-state index contributed by atoms with van der Waals surface area (Å²) < 4.78 is 1.71. The van der Waals surface area contributed by atoms with Gasteiger partial charge in [-0.05, 0) is 24.7 Å². The summed E-state index contributed by atoms with van der Waals surface area (Å²) in [6, 6.07) is 1.98. The van der Waals surface area contributed by atoms with Crippen LogP contribution in [0.4, 0.5) is 5.82 Å². The van der Waals surface area contributed by atoms with Crippen molar-refractivity contribution in [2.75, 3.05) is 12.3 Å². The lowest BCUT2D eigenvalue weighted by molar-refractivity contribution is 0.270. The van der Waals surface area contributed by atoms with Gasteiger partial charge >= 0.3 is 0 Å². The van der Waals surface area contributed by atoms with Crippen LogP contribution in [0.1, 0.15) is 30.9 Å². The summed E-state index contributed by atoms with van der Waals surface area (Å²) in [4.78, 5) is 0. The minimum atomic E-state index is 0.100. The quantitative estimate of drug-likeness (QED) is 0.776. The topological polar surface area (TPSA) is 64.1 Å². The Bertz CT molecular complexity index is 364. The molecular formula is C11H17N3O. The van der Waals surface area contributed by atoms with Crippen LogP contribution in [0.5, 0.6) is 0 Å². The Balaban J connectivity index is 1.79. The molecule has 2 fully saturated rings. The third-order valence-corrected chi connectivity index (χ3v) is 3.89. The number of hydrogen-bond acceptors (Lipinski definition) is 3. The number of nitrogen functional groups attached to an aromatic ring is 1. The predicted molar refractivity (Wildman–Crippen MR) is 57.3 cm³/mol. The largest absolute Gasteiger partial charge is 0.394 e. The van der Waals surface area contributed by atoms with E-state index in [9.17, 15) is 0 Å². The Morgan fingerprint density at radius 2 is 2.20 bits per heavy atom. The van der Waals surface area contributed by atoms with E-state index in [0.717, 1.165) is 17.5 Å². The van der Waals surface area contributed by atoms with Gasteiger partial charge in [0.25, 0.3) is 0 Å². The lowest BCUT2D eigenvalue weighted by atomic mass is 10.1. The molecule has 2 atom stereocenters. The van der Waals surface area contributed by atoms with Gasteiger partial charge in [-0.1, -0.05) is 6.42 Å². The lowest BCUT2D eigenvalue weighted by Gasteiger charge is -2.00. The first-order valence-corrected chi connectivity index (χ1v) is 5.75. The van der Waals surface area contributed by atoms with Gasteiger partial charge in [0.1, 0.15) is 5.82 Å². The number of aliphatic hydroxyl groups is 1. The summed E-state index contributed by atoms with van der Waals surface area (Å²) in [5.74, 6) is 3.11. The fourth-order valence-corrected chi connectivity index (χ4v) is 3.15. The molecule has 0 radical (unpaired) electrons. The maximum atomic E-state index is 8.85. The molecule has 0 amide bonds. The molecule has 2 aliphatic rings. The molecule has 1 aromatic rings. The first kappa shape index (κ1) is 9.21. The number of anilines is 1. The highest BCUT2D eigenvalue weighted by Crippen LogP contribution is 2.62. The molecule has 2 unspecified atom stereocenters. The van der Waals surface area contributed by atoms with Crippen LogP contribution in [0, 0.1) is 11.8 Å². The maximum absolute atomic E-state index is 8.85. The van der Waals surface area contributed by atoms with E-state index in [1.54, 1.807) is 4.68 Å². The average Bonchev–Trinajstić information content (AvgIpc) is 2.62. The molecule has 1 aromatic heterocycles. The van der Waals surface area contributed by atoms with Crippen molar-refractivity contribution >= 4 is 5.82 Å². The van der Waals surface area contributed by atoms with Crippen molar-refractivity contribution < 1.29 is 5.11 Å². The van der Waals surface area contributed by atoms with Crippen molar-refractivity contribution in [1.82, 2.24) is 9.78 Å². The van der Waals surface area contributed by atoms with Gasteiger partial charge in [-0.3, -0.25) is 0 Å². The number of aromatic nitrogens is 2. The maximum Gasteiger partial charge on any atom is 0.122 e. The van der Waals surface area contributed by atoms with E-state index in [2.05, 4.69) is 5.10 Å². The molecule has 3 rings (SSSR count). The number of aliphatic hydroxyl groups excluding tert-OH is 1. The highest BCUT2D eigenvalue weighted by molar-refractivity contribution is 5.36. The second kappa shape index (κ2) is 3.23. The Labute approximate surface area is 89.1 Å². The van der Waals surface area contributed by atoms with E-state index >= 15 is 0 Å². The van der Waals surface area contributed by atoms with Crippen LogP contribution in [0.15, 0.2) is 6.07 Å². The zero-order chi connectivity index (χ0) is 10.4. The molecule has 82 valence electrons. The number of fused-ring (bicyclic) bond motifs is 1. The Morgan fingerprint density at radius 3 is 2.87 bits per heavy atom. The van der Waals surface area contributed by atoms with E-state index in [-0.39, 0.29) is 6.61 Å². The molecule has 0 saturated heterocycles. The highest BCUT2D eigenvalue weighted by atomic mass is 16.3. The lowest BCUT2D eigenvalue weighted by Crippen LogP contribution is -2.07. The molecule has 3 N–H and O–H groups in total. The van der Waals surface area contributed by atoms with Crippen LogP contribution in [-0.2, 0) is 6.54 Å². The Kier molecular flexibility index (Phi) is 1.99. The molecule has 2 saturated carbocycles. The van der Waals surface area contributed by atoms with Crippen LogP contribution >= 0.6 is 0 Å². The van der Waals surface area contributed by atoms with Crippen molar-refractivity contribution in [2.24, 2.45) is 11.8 Å². The molecular weight excluding hydrogens is 190 g/mol. The standard InChI is InChI=1S/C11H17N3O/c12-10-6-9(13-14(10)4-5-15)11-7-2-1-3-8(7)11/h6-8,11,15H,1-5,12H2. The minimum Gasteiger partial charge on any atom is -0.394 e. The first-order chi connectivity index (χ1) is 7.31. The van der Waals surface area contributed by atoms with Crippen molar-refractivity contribution in [3.8, 4) is 0 Å². The van der Waals surface area contributed by atoms with E-state index in [1.165, 1.54) is 19.3 Å². The van der Waals surface area contributed by atoms with Gasteiger partial charge < -0.3 is 10.8 Å². The van der Waals surface area contributed by atoms with Gasteiger partial charge in [0.2, 0.25) is 0 Å². The second-order valence-electron chi connectivity index (χ2n) is 4.73. The number of nitrogens with zero attached hydrogens (tertiary/aromatic N) is 2. The van der Waals surface area contributed by atoms with Crippen LogP contribution in [0.2, 0.25) is 0 Å². The third-order valence-electron chi connectivity index (χ3n) is 3.89. The number of hydrogen-bond donors (Lipinski definition) is 2. The van der Waals surface area contributed by atoms with E-state index in [1.807, 2.05) is 6.07 Å². The highest BCUT2D eigenvalue weighted by Gasteiger charge is 2.54. The Hall–Kier alpha value is -1.03. The van der Waals surface area contributed by atoms with Crippen LogP contribution < -0.4 is 5.73 Å². The smallest absolute Gasteiger partial charge is 0.122 e. The molecule has 4 heteroatoms. The predicted octanol–water partition coefficient (Wildman–Crippen LogP) is 0.971. The van der Waals surface area contributed by atoms with E-state index in [4.69, 9.17) is 10.8 Å². The van der Waals surface area contributed by atoms with Gasteiger partial charge in [-0.2, -0.15) is 5.10 Å². The first-order valence-electron chi connectivity index (χ1n) is 5.75. The van der Waals surface area contributed by atoms with Crippen LogP contribution in [0.3, 0.4) is 0 Å². The van der Waals surface area contributed by atoms with Gasteiger partial charge in [-0.25, -0.2) is 4.68 Å². The average molecular weight is 207 g/mol. The Morgan fingerprint density at radius 1 is 1.47 bits per heavy atom. The zero-order valence-electron chi connectivity index (χ0n) is 8.76. The third kappa shape index (κ3) is 1.35. The van der Waals surface area contributed by atoms with Crippen LogP contribution in [0.25, 0.3) is 0 Å². The summed E-state index contributed by atoms with van der Waals surface area (Å²) in [6.07, 6.45) is 4.11. The van der Waals surface area contributed by atoms with Crippen molar-refractivity contribution in [3.05, 3.63) is 11.8 Å². The summed E-state index contributed by atoms with van der Waals surface area (Å²) in [5.41, 5.74) is 6.98. The summed E-state index contributed by atoms with van der Waals surface area (Å²) >= 11 is 0. The molecule has 2 aliphatic carbocycles. The molecule has 15 heavy (non-hydrogen) atoms. The van der Waals surface area contributed by atoms with Crippen LogP contribution in [-0.4, -0.2) is 21.5 Å². The molecule has 4 nitrogen and oxygen atoms in total. The number of nitrogens with two attached hydrogens (primary N) is 1. The van der Waals surface area contributed by atoms with Gasteiger partial charge in [0, 0.05) is 12.0 Å². The minimum absolute atomic E-state index is 0.100. The summed E-state index contributed by atoms with van der Waals surface area (Å²) in [5, 5.41) is 13.3. The fraction of sp³-hybridized carbons (Fsp3) is 0.727. The number of rotatable bonds is 3. The van der Waals surface area contributed by atoms with Crippen molar-refractivity contribution in [1.29, 1.82) is 0 Å². The normalized spacial score (nSPS) is 33.0. The molecule has 0 spiro atoms. The van der Waals surface area contributed by atoms with Gasteiger partial charge in [0.05, 0.1) is 18.8 Å². The second-order valence-corrected chi connectivity index (χ2v) is 4.73. The van der Waals surface area contributed by atoms with E-state index < -0.39 is 0 Å².